The third-order valence-electron chi connectivity index (χ3n) is 3.44. The van der Waals surface area contributed by atoms with Crippen molar-refractivity contribution in [1.82, 2.24) is 0 Å². The summed E-state index contributed by atoms with van der Waals surface area (Å²) in [6.45, 7) is -0.630. The van der Waals surface area contributed by atoms with E-state index in [4.69, 9.17) is 18.9 Å². The molecule has 2 aromatic rings. The van der Waals surface area contributed by atoms with Crippen molar-refractivity contribution < 1.29 is 37.3 Å². The van der Waals surface area contributed by atoms with E-state index in [0.29, 0.717) is 29.0 Å². The van der Waals surface area contributed by atoms with Crippen LogP contribution >= 0.6 is 0 Å². The van der Waals surface area contributed by atoms with Gasteiger partial charge >= 0.3 is 5.97 Å². The summed E-state index contributed by atoms with van der Waals surface area (Å²) in [5, 5.41) is 2.50. The number of carbonyl (C=O) groups is 2. The van der Waals surface area contributed by atoms with E-state index in [9.17, 15) is 18.4 Å². The number of hydrogen-bond acceptors (Lipinski definition) is 6. The molecular weight excluding hydrogens is 364 g/mol. The Morgan fingerprint density at radius 3 is 2.07 bits per heavy atom. The Kier molecular flexibility index (Phi) is 6.53. The lowest BCUT2D eigenvalue weighted by Gasteiger charge is -2.14. The van der Waals surface area contributed by atoms with Gasteiger partial charge in [-0.15, -0.1) is 0 Å². The number of benzene rings is 2. The molecule has 0 saturated carbocycles. The van der Waals surface area contributed by atoms with Gasteiger partial charge in [-0.25, -0.2) is 13.6 Å². The third kappa shape index (κ3) is 4.84. The van der Waals surface area contributed by atoms with Crippen LogP contribution in [0.25, 0.3) is 0 Å². The summed E-state index contributed by atoms with van der Waals surface area (Å²) in [5.74, 6) is -2.90. The van der Waals surface area contributed by atoms with Crippen LogP contribution in [0.3, 0.4) is 0 Å². The number of amides is 1. The number of halogens is 2. The molecule has 0 bridgehead atoms. The molecule has 9 heteroatoms. The molecule has 0 spiro atoms. The summed E-state index contributed by atoms with van der Waals surface area (Å²) in [7, 11) is 4.29. The maximum Gasteiger partial charge on any atom is 0.338 e. The van der Waals surface area contributed by atoms with E-state index >= 15 is 0 Å². The Bertz CT molecular complexity index is 831. The highest BCUT2D eigenvalue weighted by molar-refractivity contribution is 5.95. The lowest BCUT2D eigenvalue weighted by molar-refractivity contribution is -0.119. The van der Waals surface area contributed by atoms with Gasteiger partial charge in [0.2, 0.25) is 5.75 Å². The fourth-order valence-corrected chi connectivity index (χ4v) is 2.19. The summed E-state index contributed by atoms with van der Waals surface area (Å²) >= 11 is 0. The second-order valence-corrected chi connectivity index (χ2v) is 5.17. The first kappa shape index (κ1) is 20.0. The minimum Gasteiger partial charge on any atom is -0.493 e. The van der Waals surface area contributed by atoms with E-state index in [1.54, 1.807) is 0 Å². The van der Waals surface area contributed by atoms with Gasteiger partial charge in [0.15, 0.2) is 29.7 Å². The van der Waals surface area contributed by atoms with Gasteiger partial charge in [-0.2, -0.15) is 0 Å². The van der Waals surface area contributed by atoms with E-state index in [1.807, 2.05) is 0 Å². The number of hydrogen-bond donors (Lipinski definition) is 1. The van der Waals surface area contributed by atoms with E-state index in [2.05, 4.69) is 5.32 Å². The Hall–Kier alpha value is -3.36. The van der Waals surface area contributed by atoms with Crippen LogP contribution < -0.4 is 19.5 Å². The first-order chi connectivity index (χ1) is 12.9. The number of rotatable bonds is 7. The SMILES string of the molecule is COc1cc(NC(=O)COC(=O)c2ccc(F)c(F)c2)cc(OC)c1OC. The maximum absolute atomic E-state index is 13.1. The summed E-state index contributed by atoms with van der Waals surface area (Å²) < 4.78 is 46.3. The van der Waals surface area contributed by atoms with Gasteiger partial charge in [-0.05, 0) is 18.2 Å². The molecule has 2 rings (SSSR count). The van der Waals surface area contributed by atoms with Gasteiger partial charge in [0.1, 0.15) is 0 Å². The molecule has 0 aliphatic carbocycles. The molecule has 144 valence electrons. The molecule has 0 radical (unpaired) electrons. The molecule has 0 fully saturated rings. The molecular formula is C18H17F2NO6. The van der Waals surface area contributed by atoms with Gasteiger partial charge in [0.05, 0.1) is 26.9 Å². The quantitative estimate of drug-likeness (QED) is 0.743. The third-order valence-corrected chi connectivity index (χ3v) is 3.44. The number of ether oxygens (including phenoxy) is 4. The summed E-state index contributed by atoms with van der Waals surface area (Å²) in [5.41, 5.74) is 0.105. The molecule has 1 N–H and O–H groups in total. The van der Waals surface area contributed by atoms with Crippen LogP contribution in [0.15, 0.2) is 30.3 Å². The predicted octanol–water partition coefficient (Wildman–Crippen LogP) is 2.79. The Labute approximate surface area is 153 Å². The van der Waals surface area contributed by atoms with Crippen LogP contribution in [-0.2, 0) is 9.53 Å². The average molecular weight is 381 g/mol. The van der Waals surface area contributed by atoms with Crippen LogP contribution in [0.5, 0.6) is 17.2 Å². The second kappa shape index (κ2) is 8.84. The van der Waals surface area contributed by atoms with Gasteiger partial charge < -0.3 is 24.3 Å². The smallest absolute Gasteiger partial charge is 0.338 e. The molecule has 0 atom stereocenters. The fourth-order valence-electron chi connectivity index (χ4n) is 2.19. The predicted molar refractivity (Wildman–Crippen MR) is 91.4 cm³/mol. The number of esters is 1. The second-order valence-electron chi connectivity index (χ2n) is 5.17. The average Bonchev–Trinajstić information content (AvgIpc) is 2.67. The van der Waals surface area contributed by atoms with Crippen LogP contribution in [-0.4, -0.2) is 39.8 Å². The highest BCUT2D eigenvalue weighted by Gasteiger charge is 2.16. The fraction of sp³-hybridized carbons (Fsp3) is 0.222. The highest BCUT2D eigenvalue weighted by atomic mass is 19.2. The largest absolute Gasteiger partial charge is 0.493 e. The molecule has 0 aliphatic rings. The number of nitrogens with one attached hydrogen (secondary N) is 1. The molecule has 7 nitrogen and oxygen atoms in total. The Morgan fingerprint density at radius 1 is 0.926 bits per heavy atom. The zero-order valence-electron chi connectivity index (χ0n) is 14.8. The van der Waals surface area contributed by atoms with E-state index in [-0.39, 0.29) is 5.56 Å². The van der Waals surface area contributed by atoms with Gasteiger partial charge in [0.25, 0.3) is 5.91 Å². The van der Waals surface area contributed by atoms with Crippen molar-refractivity contribution in [3.8, 4) is 17.2 Å². The summed E-state index contributed by atoms with van der Waals surface area (Å²) in [6, 6.07) is 5.53. The molecule has 0 aromatic heterocycles. The molecule has 1 amide bonds. The van der Waals surface area contributed by atoms with E-state index < -0.39 is 30.1 Å². The van der Waals surface area contributed by atoms with Crippen molar-refractivity contribution in [2.75, 3.05) is 33.3 Å². The van der Waals surface area contributed by atoms with Crippen LogP contribution in [0.4, 0.5) is 14.5 Å². The van der Waals surface area contributed by atoms with Crippen LogP contribution in [0, 0.1) is 11.6 Å². The monoisotopic (exact) mass is 381 g/mol. The topological polar surface area (TPSA) is 83.1 Å². The molecule has 27 heavy (non-hydrogen) atoms. The zero-order valence-corrected chi connectivity index (χ0v) is 14.8. The molecule has 0 heterocycles. The number of anilines is 1. The molecule has 0 aliphatic heterocycles. The van der Waals surface area contributed by atoms with Crippen molar-refractivity contribution in [2.45, 2.75) is 0 Å². The first-order valence-corrected chi connectivity index (χ1v) is 7.61. The first-order valence-electron chi connectivity index (χ1n) is 7.61. The number of carbonyl (C=O) groups excluding carboxylic acids is 2. The van der Waals surface area contributed by atoms with Crippen molar-refractivity contribution in [3.63, 3.8) is 0 Å². The van der Waals surface area contributed by atoms with Crippen LogP contribution in [0.1, 0.15) is 10.4 Å². The Balaban J connectivity index is 2.03. The van der Waals surface area contributed by atoms with Gasteiger partial charge in [-0.1, -0.05) is 0 Å². The van der Waals surface area contributed by atoms with Crippen LogP contribution in [0.2, 0.25) is 0 Å². The minimum atomic E-state index is -1.19. The summed E-state index contributed by atoms with van der Waals surface area (Å²) in [6.07, 6.45) is 0. The van der Waals surface area contributed by atoms with E-state index in [0.717, 1.165) is 12.1 Å². The highest BCUT2D eigenvalue weighted by Crippen LogP contribution is 2.39. The summed E-state index contributed by atoms with van der Waals surface area (Å²) in [4.78, 5) is 23.8. The van der Waals surface area contributed by atoms with Crippen molar-refractivity contribution in [2.24, 2.45) is 0 Å². The van der Waals surface area contributed by atoms with Gasteiger partial charge in [0, 0.05) is 17.8 Å². The zero-order chi connectivity index (χ0) is 20.0. The minimum absolute atomic E-state index is 0.213. The van der Waals surface area contributed by atoms with E-state index in [1.165, 1.54) is 33.5 Å². The maximum atomic E-state index is 13.1. The Morgan fingerprint density at radius 2 is 1.56 bits per heavy atom. The van der Waals surface area contributed by atoms with Crippen molar-refractivity contribution in [1.29, 1.82) is 0 Å². The normalized spacial score (nSPS) is 10.1. The molecule has 0 saturated heterocycles. The van der Waals surface area contributed by atoms with Gasteiger partial charge in [-0.3, -0.25) is 4.79 Å². The molecule has 2 aromatic carbocycles. The lowest BCUT2D eigenvalue weighted by Crippen LogP contribution is -2.21. The van der Waals surface area contributed by atoms with Crippen molar-refractivity contribution >= 4 is 17.6 Å². The number of methoxy groups -OCH3 is 3. The standard InChI is InChI=1S/C18H17F2NO6/c1-24-14-7-11(8-15(25-2)17(14)26-3)21-16(22)9-27-18(23)10-4-5-12(19)13(20)6-10/h4-8H,9H2,1-3H3,(H,21,22). The van der Waals surface area contributed by atoms with Crippen molar-refractivity contribution in [3.05, 3.63) is 47.5 Å². The molecule has 0 unspecified atom stereocenters. The lowest BCUT2D eigenvalue weighted by atomic mass is 10.2.